The number of thiazole rings is 1. The fourth-order valence-electron chi connectivity index (χ4n) is 3.08. The summed E-state index contributed by atoms with van der Waals surface area (Å²) in [5.74, 6) is 0.0471. The van der Waals surface area contributed by atoms with Gasteiger partial charge in [-0.15, -0.1) is 11.3 Å². The first-order chi connectivity index (χ1) is 12.0. The van der Waals surface area contributed by atoms with Crippen LogP contribution in [0.15, 0.2) is 23.7 Å². The predicted octanol–water partition coefficient (Wildman–Crippen LogP) is 2.39. The van der Waals surface area contributed by atoms with Gasteiger partial charge in [-0.3, -0.25) is 14.6 Å². The highest BCUT2D eigenvalue weighted by Crippen LogP contribution is 2.31. The molecule has 1 N–H and O–H groups in total. The number of carbonyl (C=O) groups excluding carboxylic acids is 2. The monoisotopic (exact) mass is 358 g/mol. The molecule has 25 heavy (non-hydrogen) atoms. The van der Waals surface area contributed by atoms with Crippen molar-refractivity contribution in [2.24, 2.45) is 0 Å². The van der Waals surface area contributed by atoms with Crippen LogP contribution in [0.4, 0.5) is 0 Å². The SMILES string of the molecule is CC(=O)NCc1ccc(C2CCCN2C(=O)Cc2csc(C)n2)nc1. The molecule has 1 unspecified atom stereocenters. The lowest BCUT2D eigenvalue weighted by Gasteiger charge is -2.24. The maximum Gasteiger partial charge on any atom is 0.229 e. The Morgan fingerprint density at radius 1 is 1.40 bits per heavy atom. The van der Waals surface area contributed by atoms with E-state index in [1.165, 1.54) is 6.92 Å². The number of aromatic nitrogens is 2. The molecular weight excluding hydrogens is 336 g/mol. The van der Waals surface area contributed by atoms with Crippen molar-refractivity contribution in [1.29, 1.82) is 0 Å². The maximum absolute atomic E-state index is 12.7. The van der Waals surface area contributed by atoms with E-state index in [1.54, 1.807) is 17.5 Å². The first-order valence-corrected chi connectivity index (χ1v) is 9.30. The second-order valence-corrected chi connectivity index (χ2v) is 7.34. The van der Waals surface area contributed by atoms with Gasteiger partial charge < -0.3 is 10.2 Å². The Labute approximate surface area is 151 Å². The zero-order valence-corrected chi connectivity index (χ0v) is 15.3. The van der Waals surface area contributed by atoms with Gasteiger partial charge in [-0.1, -0.05) is 6.07 Å². The van der Waals surface area contributed by atoms with Crippen molar-refractivity contribution >= 4 is 23.2 Å². The zero-order valence-electron chi connectivity index (χ0n) is 14.5. The minimum Gasteiger partial charge on any atom is -0.352 e. The number of nitrogens with zero attached hydrogens (tertiary/aromatic N) is 3. The van der Waals surface area contributed by atoms with Crippen LogP contribution in [-0.2, 0) is 22.6 Å². The summed E-state index contributed by atoms with van der Waals surface area (Å²) in [7, 11) is 0. The van der Waals surface area contributed by atoms with Gasteiger partial charge in [-0.05, 0) is 31.4 Å². The first kappa shape index (κ1) is 17.5. The first-order valence-electron chi connectivity index (χ1n) is 8.42. The van der Waals surface area contributed by atoms with Gasteiger partial charge in [-0.2, -0.15) is 0 Å². The maximum atomic E-state index is 12.7. The molecule has 0 aliphatic carbocycles. The van der Waals surface area contributed by atoms with Gasteiger partial charge in [-0.25, -0.2) is 4.98 Å². The van der Waals surface area contributed by atoms with E-state index in [0.29, 0.717) is 13.0 Å². The zero-order chi connectivity index (χ0) is 17.8. The lowest BCUT2D eigenvalue weighted by atomic mass is 10.1. The van der Waals surface area contributed by atoms with Crippen LogP contribution < -0.4 is 5.32 Å². The average Bonchev–Trinajstić information content (AvgIpc) is 3.22. The topological polar surface area (TPSA) is 75.2 Å². The smallest absolute Gasteiger partial charge is 0.229 e. The van der Waals surface area contributed by atoms with E-state index < -0.39 is 0 Å². The van der Waals surface area contributed by atoms with E-state index in [1.807, 2.05) is 29.3 Å². The van der Waals surface area contributed by atoms with E-state index in [4.69, 9.17) is 0 Å². The molecule has 1 saturated heterocycles. The molecule has 0 saturated carbocycles. The van der Waals surface area contributed by atoms with Crippen molar-refractivity contribution in [3.63, 3.8) is 0 Å². The Balaban J connectivity index is 1.66. The van der Waals surface area contributed by atoms with Crippen molar-refractivity contribution in [3.05, 3.63) is 45.7 Å². The second kappa shape index (κ2) is 7.74. The van der Waals surface area contributed by atoms with E-state index >= 15 is 0 Å². The van der Waals surface area contributed by atoms with Crippen LogP contribution in [0.25, 0.3) is 0 Å². The van der Waals surface area contributed by atoms with Crippen LogP contribution >= 0.6 is 11.3 Å². The normalized spacial score (nSPS) is 16.9. The van der Waals surface area contributed by atoms with Crippen LogP contribution in [0.3, 0.4) is 0 Å². The largest absolute Gasteiger partial charge is 0.352 e. The third kappa shape index (κ3) is 4.42. The van der Waals surface area contributed by atoms with Crippen molar-refractivity contribution < 1.29 is 9.59 Å². The van der Waals surface area contributed by atoms with Crippen molar-refractivity contribution in [2.45, 2.75) is 45.7 Å². The Morgan fingerprint density at radius 3 is 2.88 bits per heavy atom. The van der Waals surface area contributed by atoms with Crippen molar-refractivity contribution in [2.75, 3.05) is 6.54 Å². The minimum atomic E-state index is -0.0612. The number of carbonyl (C=O) groups is 2. The lowest BCUT2D eigenvalue weighted by molar-refractivity contribution is -0.131. The number of pyridine rings is 1. The highest BCUT2D eigenvalue weighted by atomic mass is 32.1. The highest BCUT2D eigenvalue weighted by molar-refractivity contribution is 7.09. The summed E-state index contributed by atoms with van der Waals surface area (Å²) in [6.45, 7) is 4.68. The Kier molecular flexibility index (Phi) is 5.43. The molecule has 3 heterocycles. The summed E-state index contributed by atoms with van der Waals surface area (Å²) in [5, 5.41) is 5.69. The Morgan fingerprint density at radius 2 is 2.24 bits per heavy atom. The standard InChI is InChI=1S/C18H22N4O2S/c1-12(23)19-9-14-5-6-16(20-10-14)17-4-3-7-22(17)18(24)8-15-11-25-13(2)21-15/h5-6,10-11,17H,3-4,7-9H2,1-2H3,(H,19,23). The van der Waals surface area contributed by atoms with Gasteiger partial charge in [0.25, 0.3) is 0 Å². The van der Waals surface area contributed by atoms with Gasteiger partial charge in [0, 0.05) is 31.6 Å². The summed E-state index contributed by atoms with van der Waals surface area (Å²) in [5.41, 5.74) is 2.71. The van der Waals surface area contributed by atoms with Gasteiger partial charge >= 0.3 is 0 Å². The van der Waals surface area contributed by atoms with E-state index in [9.17, 15) is 9.59 Å². The molecule has 0 aromatic carbocycles. The van der Waals surface area contributed by atoms with Crippen LogP contribution in [0.2, 0.25) is 0 Å². The van der Waals surface area contributed by atoms with Gasteiger partial charge in [0.2, 0.25) is 11.8 Å². The predicted molar refractivity (Wildman–Crippen MR) is 96.0 cm³/mol. The molecule has 1 atom stereocenters. The van der Waals surface area contributed by atoms with Gasteiger partial charge in [0.05, 0.1) is 28.9 Å². The van der Waals surface area contributed by atoms with Crippen molar-refractivity contribution in [1.82, 2.24) is 20.2 Å². The summed E-state index contributed by atoms with van der Waals surface area (Å²) in [6.07, 6.45) is 4.04. The highest BCUT2D eigenvalue weighted by Gasteiger charge is 2.31. The number of hydrogen-bond donors (Lipinski definition) is 1. The molecular formula is C18H22N4O2S. The summed E-state index contributed by atoms with van der Waals surface area (Å²) >= 11 is 1.57. The van der Waals surface area contributed by atoms with Crippen molar-refractivity contribution in [3.8, 4) is 0 Å². The second-order valence-electron chi connectivity index (χ2n) is 6.28. The quantitative estimate of drug-likeness (QED) is 0.890. The minimum absolute atomic E-state index is 0.0297. The molecule has 132 valence electrons. The Hall–Kier alpha value is -2.28. The Bertz CT molecular complexity index is 757. The molecule has 1 fully saturated rings. The molecule has 3 rings (SSSR count). The molecule has 0 bridgehead atoms. The third-order valence-electron chi connectivity index (χ3n) is 4.30. The lowest BCUT2D eigenvalue weighted by Crippen LogP contribution is -2.32. The third-order valence-corrected chi connectivity index (χ3v) is 5.12. The van der Waals surface area contributed by atoms with Crippen LogP contribution in [0, 0.1) is 6.92 Å². The van der Waals surface area contributed by atoms with Gasteiger partial charge in [0.15, 0.2) is 0 Å². The van der Waals surface area contributed by atoms with E-state index in [-0.39, 0.29) is 17.9 Å². The number of hydrogen-bond acceptors (Lipinski definition) is 5. The molecule has 0 spiro atoms. The number of nitrogens with one attached hydrogen (secondary N) is 1. The number of rotatable bonds is 5. The molecule has 7 heteroatoms. The number of amides is 2. The van der Waals surface area contributed by atoms with E-state index in [0.717, 1.165) is 41.3 Å². The molecule has 0 radical (unpaired) electrons. The molecule has 2 aromatic heterocycles. The van der Waals surface area contributed by atoms with Crippen LogP contribution in [0.1, 0.15) is 47.8 Å². The fourth-order valence-corrected chi connectivity index (χ4v) is 3.70. The number of aryl methyl sites for hydroxylation is 1. The fraction of sp³-hybridized carbons (Fsp3) is 0.444. The van der Waals surface area contributed by atoms with Gasteiger partial charge in [0.1, 0.15) is 0 Å². The number of likely N-dealkylation sites (tertiary alicyclic amines) is 1. The molecule has 1 aliphatic heterocycles. The summed E-state index contributed by atoms with van der Waals surface area (Å²) < 4.78 is 0. The van der Waals surface area contributed by atoms with Crippen LogP contribution in [0.5, 0.6) is 0 Å². The molecule has 2 amide bonds. The summed E-state index contributed by atoms with van der Waals surface area (Å²) in [4.78, 5) is 34.5. The van der Waals surface area contributed by atoms with E-state index in [2.05, 4.69) is 15.3 Å². The average molecular weight is 358 g/mol. The molecule has 1 aliphatic rings. The van der Waals surface area contributed by atoms with Crippen LogP contribution in [-0.4, -0.2) is 33.2 Å². The molecule has 6 nitrogen and oxygen atoms in total. The summed E-state index contributed by atoms with van der Waals surface area (Å²) in [6, 6.07) is 3.95. The molecule has 2 aromatic rings.